The normalized spacial score (nSPS) is 15.0. The van der Waals surface area contributed by atoms with E-state index in [2.05, 4.69) is 15.3 Å². The Hall–Kier alpha value is -3.17. The van der Waals surface area contributed by atoms with E-state index in [1.165, 1.54) is 9.87 Å². The van der Waals surface area contributed by atoms with Gasteiger partial charge in [-0.3, -0.25) is 0 Å². The highest BCUT2D eigenvalue weighted by atomic mass is 32.2. The molecule has 3 aromatic rings. The molecule has 0 amide bonds. The molecule has 9 heteroatoms. The molecule has 1 N–H and O–H groups in total. The molecule has 162 valence electrons. The van der Waals surface area contributed by atoms with E-state index in [1.807, 2.05) is 42.2 Å². The third kappa shape index (κ3) is 4.78. The molecule has 2 heterocycles. The summed E-state index contributed by atoms with van der Waals surface area (Å²) in [5.41, 5.74) is 2.14. The third-order valence-electron chi connectivity index (χ3n) is 5.19. The number of rotatable bonds is 6. The monoisotopic (exact) mass is 439 g/mol. The first-order valence-electron chi connectivity index (χ1n) is 10.0. The largest absolute Gasteiger partial charge is 0.497 e. The number of anilines is 3. The molecule has 0 unspecified atom stereocenters. The molecule has 31 heavy (non-hydrogen) atoms. The Morgan fingerprint density at radius 3 is 2.26 bits per heavy atom. The highest BCUT2D eigenvalue weighted by molar-refractivity contribution is 7.89. The Balaban J connectivity index is 1.42. The summed E-state index contributed by atoms with van der Waals surface area (Å²) in [6.45, 7) is 3.81. The van der Waals surface area contributed by atoms with Gasteiger partial charge in [0.15, 0.2) is 0 Å². The van der Waals surface area contributed by atoms with Crippen molar-refractivity contribution < 1.29 is 13.2 Å². The van der Waals surface area contributed by atoms with Crippen molar-refractivity contribution in [1.82, 2.24) is 14.3 Å². The molecule has 0 bridgehead atoms. The van der Waals surface area contributed by atoms with Crippen molar-refractivity contribution >= 4 is 27.5 Å². The molecule has 1 fully saturated rings. The zero-order valence-electron chi connectivity index (χ0n) is 17.5. The van der Waals surface area contributed by atoms with Gasteiger partial charge in [-0.05, 0) is 49.4 Å². The third-order valence-corrected chi connectivity index (χ3v) is 7.10. The van der Waals surface area contributed by atoms with E-state index in [0.717, 1.165) is 5.69 Å². The first-order valence-corrected chi connectivity index (χ1v) is 11.5. The molecule has 1 aliphatic rings. The summed E-state index contributed by atoms with van der Waals surface area (Å²) in [7, 11) is -2.00. The lowest BCUT2D eigenvalue weighted by Gasteiger charge is -2.34. The standard InChI is InChI=1S/C22H25N5O3S/c1-17-3-5-18(6-4-17)24-21-11-12-23-22(25-21)26-13-15-27(16-14-26)31(28,29)20-9-7-19(30-2)8-10-20/h3-12H,13-16H2,1-2H3,(H,23,24,25). The van der Waals surface area contributed by atoms with E-state index in [0.29, 0.717) is 43.7 Å². The number of hydrogen-bond donors (Lipinski definition) is 1. The van der Waals surface area contributed by atoms with Gasteiger partial charge in [0.05, 0.1) is 12.0 Å². The van der Waals surface area contributed by atoms with Gasteiger partial charge in [-0.1, -0.05) is 17.7 Å². The van der Waals surface area contributed by atoms with Crippen molar-refractivity contribution in [2.24, 2.45) is 0 Å². The summed E-state index contributed by atoms with van der Waals surface area (Å²) in [6.07, 6.45) is 1.71. The van der Waals surface area contributed by atoms with Crippen molar-refractivity contribution in [3.05, 3.63) is 66.4 Å². The average molecular weight is 440 g/mol. The number of benzene rings is 2. The molecule has 8 nitrogen and oxygen atoms in total. The predicted molar refractivity (Wildman–Crippen MR) is 120 cm³/mol. The fourth-order valence-electron chi connectivity index (χ4n) is 3.38. The molecule has 1 saturated heterocycles. The highest BCUT2D eigenvalue weighted by Crippen LogP contribution is 2.22. The van der Waals surface area contributed by atoms with Crippen molar-refractivity contribution in [3.8, 4) is 5.75 Å². The molecule has 0 saturated carbocycles. The number of methoxy groups -OCH3 is 1. The number of piperazine rings is 1. The van der Waals surface area contributed by atoms with Gasteiger partial charge in [-0.25, -0.2) is 13.4 Å². The number of ether oxygens (including phenoxy) is 1. The number of nitrogens with one attached hydrogen (secondary N) is 1. The number of hydrogen-bond acceptors (Lipinski definition) is 7. The fraction of sp³-hybridized carbons (Fsp3) is 0.273. The van der Waals surface area contributed by atoms with Crippen molar-refractivity contribution in [2.75, 3.05) is 43.5 Å². The van der Waals surface area contributed by atoms with Crippen LogP contribution in [0.25, 0.3) is 0 Å². The Kier molecular flexibility index (Phi) is 6.06. The van der Waals surface area contributed by atoms with E-state index in [-0.39, 0.29) is 4.90 Å². The molecule has 0 spiro atoms. The van der Waals surface area contributed by atoms with Crippen LogP contribution >= 0.6 is 0 Å². The fourth-order valence-corrected chi connectivity index (χ4v) is 4.80. The average Bonchev–Trinajstić information content (AvgIpc) is 2.81. The predicted octanol–water partition coefficient (Wildman–Crippen LogP) is 3.05. The van der Waals surface area contributed by atoms with Gasteiger partial charge in [0.2, 0.25) is 16.0 Å². The second-order valence-corrected chi connectivity index (χ2v) is 9.24. The number of aryl methyl sites for hydroxylation is 1. The van der Waals surface area contributed by atoms with E-state index in [9.17, 15) is 8.42 Å². The first-order chi connectivity index (χ1) is 15.0. The molecule has 1 aromatic heterocycles. The lowest BCUT2D eigenvalue weighted by molar-refractivity contribution is 0.382. The zero-order chi connectivity index (χ0) is 21.8. The summed E-state index contributed by atoms with van der Waals surface area (Å²) in [5, 5.41) is 3.28. The molecule has 1 aliphatic heterocycles. The SMILES string of the molecule is COc1ccc(S(=O)(=O)N2CCN(c3nccc(Nc4ccc(C)cc4)n3)CC2)cc1. The molecule has 4 rings (SSSR count). The highest BCUT2D eigenvalue weighted by Gasteiger charge is 2.29. The van der Waals surface area contributed by atoms with Gasteiger partial charge < -0.3 is 15.0 Å². The quantitative estimate of drug-likeness (QED) is 0.632. The van der Waals surface area contributed by atoms with Crippen LogP contribution in [0.5, 0.6) is 5.75 Å². The summed E-state index contributed by atoms with van der Waals surface area (Å²) >= 11 is 0. The van der Waals surface area contributed by atoms with E-state index >= 15 is 0 Å². The summed E-state index contributed by atoms with van der Waals surface area (Å²) < 4.78 is 32.5. The summed E-state index contributed by atoms with van der Waals surface area (Å²) in [5.74, 6) is 1.90. The second-order valence-electron chi connectivity index (χ2n) is 7.30. The zero-order valence-corrected chi connectivity index (χ0v) is 18.3. The van der Waals surface area contributed by atoms with Gasteiger partial charge in [-0.15, -0.1) is 0 Å². The van der Waals surface area contributed by atoms with Crippen LogP contribution in [0.1, 0.15) is 5.56 Å². The van der Waals surface area contributed by atoms with Crippen LogP contribution in [0, 0.1) is 6.92 Å². The van der Waals surface area contributed by atoms with Crippen LogP contribution in [0.15, 0.2) is 65.7 Å². The Morgan fingerprint density at radius 1 is 0.935 bits per heavy atom. The molecule has 0 atom stereocenters. The molecule has 0 aliphatic carbocycles. The second kappa shape index (κ2) is 8.91. The number of sulfonamides is 1. The smallest absolute Gasteiger partial charge is 0.243 e. The van der Waals surface area contributed by atoms with Crippen LogP contribution < -0.4 is 15.0 Å². The van der Waals surface area contributed by atoms with Crippen molar-refractivity contribution in [1.29, 1.82) is 0 Å². The van der Waals surface area contributed by atoms with Crippen molar-refractivity contribution in [3.63, 3.8) is 0 Å². The van der Waals surface area contributed by atoms with Crippen LogP contribution in [0.2, 0.25) is 0 Å². The van der Waals surface area contributed by atoms with Gasteiger partial charge in [0.1, 0.15) is 11.6 Å². The lowest BCUT2D eigenvalue weighted by atomic mass is 10.2. The van der Waals surface area contributed by atoms with Gasteiger partial charge in [0.25, 0.3) is 0 Å². The number of nitrogens with zero attached hydrogens (tertiary/aromatic N) is 4. The topological polar surface area (TPSA) is 87.7 Å². The van der Waals surface area contributed by atoms with Crippen molar-refractivity contribution in [2.45, 2.75) is 11.8 Å². The van der Waals surface area contributed by atoms with E-state index in [4.69, 9.17) is 4.74 Å². The van der Waals surface area contributed by atoms with Gasteiger partial charge in [0, 0.05) is 38.1 Å². The Morgan fingerprint density at radius 2 is 1.61 bits per heavy atom. The Bertz CT molecular complexity index is 1130. The minimum atomic E-state index is -3.55. The van der Waals surface area contributed by atoms with E-state index in [1.54, 1.807) is 37.6 Å². The maximum atomic E-state index is 12.9. The maximum Gasteiger partial charge on any atom is 0.243 e. The van der Waals surface area contributed by atoms with Crippen LogP contribution in [0.3, 0.4) is 0 Å². The molecular weight excluding hydrogens is 414 g/mol. The minimum Gasteiger partial charge on any atom is -0.497 e. The minimum absolute atomic E-state index is 0.266. The van der Waals surface area contributed by atoms with Gasteiger partial charge in [-0.2, -0.15) is 9.29 Å². The maximum absolute atomic E-state index is 12.9. The first kappa shape index (κ1) is 21.1. The molecular formula is C22H25N5O3S. The summed E-state index contributed by atoms with van der Waals surface area (Å²) in [6, 6.07) is 16.3. The summed E-state index contributed by atoms with van der Waals surface area (Å²) in [4.78, 5) is 11.2. The van der Waals surface area contributed by atoms with Gasteiger partial charge >= 0.3 is 0 Å². The van der Waals surface area contributed by atoms with Crippen LogP contribution in [-0.2, 0) is 10.0 Å². The molecule has 2 aromatic carbocycles. The van der Waals surface area contributed by atoms with Crippen LogP contribution in [0.4, 0.5) is 17.5 Å². The Labute approximate surface area is 182 Å². The van der Waals surface area contributed by atoms with E-state index < -0.39 is 10.0 Å². The van der Waals surface area contributed by atoms with Crippen LogP contribution in [-0.4, -0.2) is 56.0 Å². The number of aromatic nitrogens is 2. The molecule has 0 radical (unpaired) electrons. The lowest BCUT2D eigenvalue weighted by Crippen LogP contribution is -2.49.